The summed E-state index contributed by atoms with van der Waals surface area (Å²) in [4.78, 5) is 40.5. The van der Waals surface area contributed by atoms with Crippen molar-refractivity contribution in [2.75, 3.05) is 23.4 Å². The van der Waals surface area contributed by atoms with Crippen molar-refractivity contribution < 1.29 is 19.1 Å². The van der Waals surface area contributed by atoms with E-state index in [1.165, 1.54) is 4.90 Å². The summed E-state index contributed by atoms with van der Waals surface area (Å²) in [6.45, 7) is 4.14. The van der Waals surface area contributed by atoms with Crippen molar-refractivity contribution in [3.63, 3.8) is 0 Å². The summed E-state index contributed by atoms with van der Waals surface area (Å²) in [5.74, 6) is 0.182. The zero-order valence-corrected chi connectivity index (χ0v) is 16.3. The summed E-state index contributed by atoms with van der Waals surface area (Å²) in [6.07, 6.45) is -0.314. The Morgan fingerprint density at radius 3 is 2.50 bits per heavy atom. The number of benzene rings is 2. The number of carbonyl (C=O) groups excluding carboxylic acids is 3. The maximum absolute atomic E-state index is 12.6. The third kappa shape index (κ3) is 3.91. The average molecular weight is 380 g/mol. The van der Waals surface area contributed by atoms with E-state index in [2.05, 4.69) is 0 Å². The second-order valence-corrected chi connectivity index (χ2v) is 6.74. The summed E-state index contributed by atoms with van der Waals surface area (Å²) < 4.78 is 5.58. The molecule has 2 aromatic rings. The molecule has 1 heterocycles. The van der Waals surface area contributed by atoms with Gasteiger partial charge in [-0.2, -0.15) is 0 Å². The standard InChI is InChI=1S/C22H24N2O4/c1-4-24(17-8-6-5-7-9-17)21(26)13-11-19(25)16-10-12-20-18(14-16)23(3)22(27)15(2)28-20/h5-10,12,14-15H,4,11,13H2,1-3H3. The fourth-order valence-corrected chi connectivity index (χ4v) is 3.30. The van der Waals surface area contributed by atoms with Crippen LogP contribution in [0.1, 0.15) is 37.0 Å². The molecule has 0 bridgehead atoms. The molecule has 6 heteroatoms. The minimum Gasteiger partial charge on any atom is -0.479 e. The quantitative estimate of drug-likeness (QED) is 0.720. The number of rotatable bonds is 6. The van der Waals surface area contributed by atoms with E-state index in [0.717, 1.165) is 5.69 Å². The first-order chi connectivity index (χ1) is 13.4. The maximum atomic E-state index is 12.6. The number of Topliss-reactive ketones (excluding diaryl/α,β-unsaturated/α-hetero) is 1. The van der Waals surface area contributed by atoms with Gasteiger partial charge in [-0.1, -0.05) is 18.2 Å². The Hall–Kier alpha value is -3.15. The molecule has 0 saturated heterocycles. The van der Waals surface area contributed by atoms with Crippen molar-refractivity contribution in [2.24, 2.45) is 0 Å². The van der Waals surface area contributed by atoms with Crippen LogP contribution in [0, 0.1) is 0 Å². The van der Waals surface area contributed by atoms with E-state index in [4.69, 9.17) is 4.74 Å². The molecule has 0 spiro atoms. The number of amides is 2. The fourth-order valence-electron chi connectivity index (χ4n) is 3.30. The highest BCUT2D eigenvalue weighted by molar-refractivity contribution is 6.04. The predicted molar refractivity (Wildman–Crippen MR) is 108 cm³/mol. The predicted octanol–water partition coefficient (Wildman–Crippen LogP) is 3.45. The molecule has 3 rings (SSSR count). The van der Waals surface area contributed by atoms with E-state index < -0.39 is 6.10 Å². The highest BCUT2D eigenvalue weighted by atomic mass is 16.5. The number of para-hydroxylation sites is 1. The molecule has 1 atom stereocenters. The Kier molecular flexibility index (Phi) is 5.78. The molecule has 28 heavy (non-hydrogen) atoms. The van der Waals surface area contributed by atoms with Crippen molar-refractivity contribution in [3.05, 3.63) is 54.1 Å². The first kappa shape index (κ1) is 19.6. The van der Waals surface area contributed by atoms with Gasteiger partial charge in [-0.15, -0.1) is 0 Å². The van der Waals surface area contributed by atoms with E-state index in [9.17, 15) is 14.4 Å². The van der Waals surface area contributed by atoms with Gasteiger partial charge in [0, 0.05) is 37.7 Å². The zero-order valence-electron chi connectivity index (χ0n) is 16.3. The van der Waals surface area contributed by atoms with Gasteiger partial charge in [0.2, 0.25) is 5.91 Å². The molecule has 2 aromatic carbocycles. The second-order valence-electron chi connectivity index (χ2n) is 6.74. The first-order valence-corrected chi connectivity index (χ1v) is 9.39. The van der Waals surface area contributed by atoms with E-state index in [-0.39, 0.29) is 30.4 Å². The minimum absolute atomic E-state index is 0.0931. The van der Waals surface area contributed by atoms with Crippen molar-refractivity contribution >= 4 is 29.0 Å². The van der Waals surface area contributed by atoms with Crippen LogP contribution in [-0.2, 0) is 9.59 Å². The molecule has 0 fully saturated rings. The van der Waals surface area contributed by atoms with Crippen LogP contribution in [-0.4, -0.2) is 37.3 Å². The highest BCUT2D eigenvalue weighted by Crippen LogP contribution is 2.34. The Morgan fingerprint density at radius 2 is 1.82 bits per heavy atom. The van der Waals surface area contributed by atoms with E-state index >= 15 is 0 Å². The van der Waals surface area contributed by atoms with Crippen LogP contribution in [0.3, 0.4) is 0 Å². The van der Waals surface area contributed by atoms with Gasteiger partial charge in [-0.05, 0) is 44.2 Å². The molecule has 0 radical (unpaired) electrons. The molecular formula is C22H24N2O4. The summed E-state index contributed by atoms with van der Waals surface area (Å²) in [5, 5.41) is 0. The summed E-state index contributed by atoms with van der Waals surface area (Å²) in [6, 6.07) is 14.4. The van der Waals surface area contributed by atoms with E-state index in [1.54, 1.807) is 37.1 Å². The van der Waals surface area contributed by atoms with E-state index in [1.807, 2.05) is 37.3 Å². The number of hydrogen-bond donors (Lipinski definition) is 0. The monoisotopic (exact) mass is 380 g/mol. The molecule has 0 N–H and O–H groups in total. The lowest BCUT2D eigenvalue weighted by molar-refractivity contribution is -0.125. The first-order valence-electron chi connectivity index (χ1n) is 9.39. The van der Waals surface area contributed by atoms with Crippen LogP contribution < -0.4 is 14.5 Å². The largest absolute Gasteiger partial charge is 0.479 e. The molecular weight excluding hydrogens is 356 g/mol. The Morgan fingerprint density at radius 1 is 1.11 bits per heavy atom. The maximum Gasteiger partial charge on any atom is 0.267 e. The number of carbonyl (C=O) groups is 3. The molecule has 146 valence electrons. The average Bonchev–Trinajstić information content (AvgIpc) is 2.71. The van der Waals surface area contributed by atoms with Gasteiger partial charge < -0.3 is 14.5 Å². The lowest BCUT2D eigenvalue weighted by Crippen LogP contribution is -2.42. The van der Waals surface area contributed by atoms with Crippen molar-refractivity contribution in [1.82, 2.24) is 0 Å². The SMILES string of the molecule is CCN(C(=O)CCC(=O)c1ccc2c(c1)N(C)C(=O)C(C)O2)c1ccccc1. The lowest BCUT2D eigenvalue weighted by atomic mass is 10.0. The Bertz CT molecular complexity index is 895. The molecule has 0 aliphatic carbocycles. The molecule has 0 aromatic heterocycles. The number of anilines is 2. The van der Waals surface area contributed by atoms with Crippen LogP contribution in [0.4, 0.5) is 11.4 Å². The van der Waals surface area contributed by atoms with Gasteiger partial charge in [-0.3, -0.25) is 14.4 Å². The minimum atomic E-state index is -0.547. The third-order valence-corrected chi connectivity index (χ3v) is 4.88. The van der Waals surface area contributed by atoms with Crippen LogP contribution in [0.5, 0.6) is 5.75 Å². The lowest BCUT2D eigenvalue weighted by Gasteiger charge is -2.30. The smallest absolute Gasteiger partial charge is 0.267 e. The number of ketones is 1. The summed E-state index contributed by atoms with van der Waals surface area (Å²) in [7, 11) is 1.66. The molecule has 1 aliphatic heterocycles. The Labute approximate surface area is 164 Å². The summed E-state index contributed by atoms with van der Waals surface area (Å²) >= 11 is 0. The van der Waals surface area contributed by atoms with Gasteiger partial charge in [0.05, 0.1) is 5.69 Å². The van der Waals surface area contributed by atoms with Crippen molar-refractivity contribution in [3.8, 4) is 5.75 Å². The van der Waals surface area contributed by atoms with Gasteiger partial charge in [0.25, 0.3) is 5.91 Å². The normalized spacial score (nSPS) is 15.6. The third-order valence-electron chi connectivity index (χ3n) is 4.88. The van der Waals surface area contributed by atoms with Crippen molar-refractivity contribution in [2.45, 2.75) is 32.8 Å². The van der Waals surface area contributed by atoms with Crippen LogP contribution >= 0.6 is 0 Å². The topological polar surface area (TPSA) is 66.9 Å². The number of fused-ring (bicyclic) bond motifs is 1. The van der Waals surface area contributed by atoms with Gasteiger partial charge in [0.15, 0.2) is 11.9 Å². The van der Waals surface area contributed by atoms with E-state index in [0.29, 0.717) is 23.5 Å². The van der Waals surface area contributed by atoms with Gasteiger partial charge in [0.1, 0.15) is 5.75 Å². The zero-order chi connectivity index (χ0) is 20.3. The molecule has 1 unspecified atom stereocenters. The number of likely N-dealkylation sites (N-methyl/N-ethyl adjacent to an activating group) is 1. The van der Waals surface area contributed by atoms with Crippen LogP contribution in [0.25, 0.3) is 0 Å². The van der Waals surface area contributed by atoms with Crippen LogP contribution in [0.15, 0.2) is 48.5 Å². The van der Waals surface area contributed by atoms with Crippen molar-refractivity contribution in [1.29, 1.82) is 0 Å². The molecule has 1 aliphatic rings. The molecule has 6 nitrogen and oxygen atoms in total. The fraction of sp³-hybridized carbons (Fsp3) is 0.318. The van der Waals surface area contributed by atoms with Crippen LogP contribution in [0.2, 0.25) is 0 Å². The molecule has 2 amide bonds. The van der Waals surface area contributed by atoms with Gasteiger partial charge >= 0.3 is 0 Å². The number of ether oxygens (including phenoxy) is 1. The molecule has 0 saturated carbocycles. The number of nitrogens with zero attached hydrogens (tertiary/aromatic N) is 2. The van der Waals surface area contributed by atoms with Gasteiger partial charge in [-0.25, -0.2) is 0 Å². The Balaban J connectivity index is 1.68. The highest BCUT2D eigenvalue weighted by Gasteiger charge is 2.29. The summed E-state index contributed by atoms with van der Waals surface area (Å²) in [5.41, 5.74) is 1.86. The number of hydrogen-bond acceptors (Lipinski definition) is 4. The second kappa shape index (κ2) is 8.25.